The minimum absolute atomic E-state index is 0.156. The van der Waals surface area contributed by atoms with Crippen molar-refractivity contribution < 1.29 is 9.47 Å². The maximum atomic E-state index is 6.04. The van der Waals surface area contributed by atoms with Gasteiger partial charge >= 0.3 is 0 Å². The quantitative estimate of drug-likeness (QED) is 0.726. The Labute approximate surface area is 108 Å². The third-order valence-electron chi connectivity index (χ3n) is 2.40. The van der Waals surface area contributed by atoms with E-state index in [0.29, 0.717) is 6.61 Å². The smallest absolute Gasteiger partial charge is 0.0735 e. The van der Waals surface area contributed by atoms with Crippen LogP contribution in [0.5, 0.6) is 0 Å². The van der Waals surface area contributed by atoms with Crippen LogP contribution >= 0.6 is 11.6 Å². The van der Waals surface area contributed by atoms with Crippen molar-refractivity contribution in [3.05, 3.63) is 34.9 Å². The molecule has 0 amide bonds. The zero-order chi connectivity index (χ0) is 12.5. The summed E-state index contributed by atoms with van der Waals surface area (Å²) >= 11 is 6.04. The van der Waals surface area contributed by atoms with E-state index >= 15 is 0 Å². The number of rotatable bonds is 8. The largest absolute Gasteiger partial charge is 0.383 e. The SMILES string of the molecule is COCCNCC(C)OCc1ccccc1Cl. The van der Waals surface area contributed by atoms with Crippen LogP contribution in [0.2, 0.25) is 5.02 Å². The molecule has 0 saturated carbocycles. The first-order valence-corrected chi connectivity index (χ1v) is 6.16. The summed E-state index contributed by atoms with van der Waals surface area (Å²) in [5, 5.41) is 4.01. The summed E-state index contributed by atoms with van der Waals surface area (Å²) in [6, 6.07) is 7.74. The Bertz CT molecular complexity index is 320. The summed E-state index contributed by atoms with van der Waals surface area (Å²) in [5.74, 6) is 0. The van der Waals surface area contributed by atoms with Crippen LogP contribution in [-0.4, -0.2) is 32.9 Å². The highest BCUT2D eigenvalue weighted by molar-refractivity contribution is 6.31. The Balaban J connectivity index is 2.19. The molecule has 0 heterocycles. The van der Waals surface area contributed by atoms with E-state index in [1.54, 1.807) is 7.11 Å². The van der Waals surface area contributed by atoms with Crippen LogP contribution in [0.25, 0.3) is 0 Å². The lowest BCUT2D eigenvalue weighted by molar-refractivity contribution is 0.0521. The molecule has 0 spiro atoms. The highest BCUT2D eigenvalue weighted by Gasteiger charge is 2.04. The van der Waals surface area contributed by atoms with Crippen molar-refractivity contribution in [2.45, 2.75) is 19.6 Å². The molecule has 4 heteroatoms. The van der Waals surface area contributed by atoms with Crippen LogP contribution in [-0.2, 0) is 16.1 Å². The standard InChI is InChI=1S/C13H20ClNO2/c1-11(9-15-7-8-16-2)17-10-12-5-3-4-6-13(12)14/h3-6,11,15H,7-10H2,1-2H3. The molecule has 0 aliphatic carbocycles. The van der Waals surface area contributed by atoms with Crippen LogP contribution in [0.3, 0.4) is 0 Å². The maximum absolute atomic E-state index is 6.04. The van der Waals surface area contributed by atoms with Gasteiger partial charge < -0.3 is 14.8 Å². The second-order valence-electron chi connectivity index (χ2n) is 3.91. The topological polar surface area (TPSA) is 30.5 Å². The maximum Gasteiger partial charge on any atom is 0.0735 e. The predicted molar refractivity (Wildman–Crippen MR) is 70.4 cm³/mol. The van der Waals surface area contributed by atoms with Crippen LogP contribution in [0.1, 0.15) is 12.5 Å². The molecule has 1 unspecified atom stereocenters. The molecule has 1 N–H and O–H groups in total. The van der Waals surface area contributed by atoms with E-state index in [9.17, 15) is 0 Å². The summed E-state index contributed by atoms with van der Waals surface area (Å²) in [6.07, 6.45) is 0.156. The minimum Gasteiger partial charge on any atom is -0.383 e. The highest BCUT2D eigenvalue weighted by atomic mass is 35.5. The van der Waals surface area contributed by atoms with Crippen molar-refractivity contribution >= 4 is 11.6 Å². The van der Waals surface area contributed by atoms with Crippen molar-refractivity contribution in [1.82, 2.24) is 5.32 Å². The van der Waals surface area contributed by atoms with Gasteiger partial charge in [-0.1, -0.05) is 29.8 Å². The molecule has 96 valence electrons. The second kappa shape index (κ2) is 8.48. The summed E-state index contributed by atoms with van der Waals surface area (Å²) in [4.78, 5) is 0. The molecule has 1 aromatic rings. The lowest BCUT2D eigenvalue weighted by Gasteiger charge is -2.14. The van der Waals surface area contributed by atoms with Crippen LogP contribution in [0.15, 0.2) is 24.3 Å². The second-order valence-corrected chi connectivity index (χ2v) is 4.32. The van der Waals surface area contributed by atoms with E-state index in [0.717, 1.165) is 30.3 Å². The van der Waals surface area contributed by atoms with E-state index < -0.39 is 0 Å². The van der Waals surface area contributed by atoms with Gasteiger partial charge in [0.25, 0.3) is 0 Å². The van der Waals surface area contributed by atoms with Gasteiger partial charge in [0.1, 0.15) is 0 Å². The molecule has 0 fully saturated rings. The molecule has 1 aromatic carbocycles. The van der Waals surface area contributed by atoms with Crippen molar-refractivity contribution in [2.24, 2.45) is 0 Å². The first-order valence-electron chi connectivity index (χ1n) is 5.78. The van der Waals surface area contributed by atoms with E-state index in [4.69, 9.17) is 21.1 Å². The number of benzene rings is 1. The number of methoxy groups -OCH3 is 1. The van der Waals surface area contributed by atoms with Crippen LogP contribution in [0.4, 0.5) is 0 Å². The monoisotopic (exact) mass is 257 g/mol. The Morgan fingerprint density at radius 3 is 2.82 bits per heavy atom. The summed E-state index contributed by atoms with van der Waals surface area (Å²) in [5.41, 5.74) is 1.03. The fraction of sp³-hybridized carbons (Fsp3) is 0.538. The van der Waals surface area contributed by atoms with Gasteiger partial charge in [0, 0.05) is 25.2 Å². The molecule has 3 nitrogen and oxygen atoms in total. The fourth-order valence-corrected chi connectivity index (χ4v) is 1.58. The first kappa shape index (κ1) is 14.5. The molecule has 0 aliphatic heterocycles. The normalized spacial score (nSPS) is 12.6. The van der Waals surface area contributed by atoms with Gasteiger partial charge in [-0.15, -0.1) is 0 Å². The number of nitrogens with one attached hydrogen (secondary N) is 1. The molecular formula is C13H20ClNO2. The summed E-state index contributed by atoms with van der Waals surface area (Å²) in [7, 11) is 1.69. The lowest BCUT2D eigenvalue weighted by Crippen LogP contribution is -2.29. The van der Waals surface area contributed by atoms with Crippen molar-refractivity contribution in [3.8, 4) is 0 Å². The fourth-order valence-electron chi connectivity index (χ4n) is 1.39. The Hall–Kier alpha value is -0.610. The van der Waals surface area contributed by atoms with E-state index in [1.807, 2.05) is 31.2 Å². The number of hydrogen-bond donors (Lipinski definition) is 1. The number of ether oxygens (including phenoxy) is 2. The highest BCUT2D eigenvalue weighted by Crippen LogP contribution is 2.16. The van der Waals surface area contributed by atoms with E-state index in [-0.39, 0.29) is 6.10 Å². The Morgan fingerprint density at radius 2 is 2.12 bits per heavy atom. The van der Waals surface area contributed by atoms with Crippen LogP contribution in [0, 0.1) is 0 Å². The molecule has 1 rings (SSSR count). The molecule has 0 saturated heterocycles. The zero-order valence-electron chi connectivity index (χ0n) is 10.4. The summed E-state index contributed by atoms with van der Waals surface area (Å²) < 4.78 is 10.6. The van der Waals surface area contributed by atoms with E-state index in [2.05, 4.69) is 5.32 Å². The van der Waals surface area contributed by atoms with Crippen LogP contribution < -0.4 is 5.32 Å². The number of halogens is 1. The van der Waals surface area contributed by atoms with Gasteiger partial charge in [-0.2, -0.15) is 0 Å². The average Bonchev–Trinajstić information content (AvgIpc) is 2.34. The van der Waals surface area contributed by atoms with Crippen molar-refractivity contribution in [1.29, 1.82) is 0 Å². The minimum atomic E-state index is 0.156. The van der Waals surface area contributed by atoms with Gasteiger partial charge in [-0.3, -0.25) is 0 Å². The van der Waals surface area contributed by atoms with Crippen molar-refractivity contribution in [2.75, 3.05) is 26.8 Å². The third kappa shape index (κ3) is 6.03. The molecular weight excluding hydrogens is 238 g/mol. The molecule has 0 aromatic heterocycles. The molecule has 0 radical (unpaired) electrons. The van der Waals surface area contributed by atoms with Gasteiger partial charge in [0.05, 0.1) is 19.3 Å². The average molecular weight is 258 g/mol. The van der Waals surface area contributed by atoms with Gasteiger partial charge in [0.2, 0.25) is 0 Å². The van der Waals surface area contributed by atoms with Gasteiger partial charge in [-0.25, -0.2) is 0 Å². The summed E-state index contributed by atoms with van der Waals surface area (Å²) in [6.45, 7) is 4.96. The first-order chi connectivity index (χ1) is 8.24. The predicted octanol–water partition coefficient (Wildman–Crippen LogP) is 2.48. The molecule has 0 aliphatic rings. The van der Waals surface area contributed by atoms with E-state index in [1.165, 1.54) is 0 Å². The lowest BCUT2D eigenvalue weighted by atomic mass is 10.2. The molecule has 17 heavy (non-hydrogen) atoms. The third-order valence-corrected chi connectivity index (χ3v) is 2.76. The van der Waals surface area contributed by atoms with Gasteiger partial charge in [-0.05, 0) is 18.6 Å². The zero-order valence-corrected chi connectivity index (χ0v) is 11.2. The Morgan fingerprint density at radius 1 is 1.35 bits per heavy atom. The molecule has 0 bridgehead atoms. The van der Waals surface area contributed by atoms with Gasteiger partial charge in [0.15, 0.2) is 0 Å². The van der Waals surface area contributed by atoms with Crippen molar-refractivity contribution in [3.63, 3.8) is 0 Å². The number of hydrogen-bond acceptors (Lipinski definition) is 3. The Kier molecular flexibility index (Phi) is 7.21. The molecule has 1 atom stereocenters.